The summed E-state index contributed by atoms with van der Waals surface area (Å²) in [7, 11) is 0. The van der Waals surface area contributed by atoms with Crippen molar-refractivity contribution in [2.45, 2.75) is 51.9 Å². The van der Waals surface area contributed by atoms with Gasteiger partial charge in [0.2, 0.25) is 0 Å². The van der Waals surface area contributed by atoms with Crippen molar-refractivity contribution >= 4 is 17.3 Å². The largest absolute Gasteiger partial charge is 0.382 e. The highest BCUT2D eigenvalue weighted by Gasteiger charge is 2.12. The minimum Gasteiger partial charge on any atom is -0.382 e. The predicted molar refractivity (Wildman–Crippen MR) is 80.9 cm³/mol. The predicted octanol–water partition coefficient (Wildman–Crippen LogP) is 2.85. The van der Waals surface area contributed by atoms with Crippen LogP contribution in [0.2, 0.25) is 0 Å². The first kappa shape index (κ1) is 15.7. The molecular formula is C14H28N2OS. The van der Waals surface area contributed by atoms with Crippen molar-refractivity contribution in [1.29, 1.82) is 0 Å². The maximum Gasteiger partial charge on any atom is 0.166 e. The molecule has 1 aliphatic carbocycles. The molecule has 0 heterocycles. The van der Waals surface area contributed by atoms with Crippen LogP contribution in [0.3, 0.4) is 0 Å². The number of hydrogen-bond acceptors (Lipinski definition) is 2. The second-order valence-electron chi connectivity index (χ2n) is 5.03. The molecule has 18 heavy (non-hydrogen) atoms. The van der Waals surface area contributed by atoms with E-state index >= 15 is 0 Å². The van der Waals surface area contributed by atoms with Gasteiger partial charge in [-0.1, -0.05) is 32.1 Å². The van der Waals surface area contributed by atoms with Crippen LogP contribution in [0.4, 0.5) is 0 Å². The number of rotatable bonds is 8. The van der Waals surface area contributed by atoms with Crippen molar-refractivity contribution < 1.29 is 4.74 Å². The van der Waals surface area contributed by atoms with E-state index in [1.807, 2.05) is 6.92 Å². The lowest BCUT2D eigenvalue weighted by Crippen LogP contribution is -2.37. The lowest BCUT2D eigenvalue weighted by molar-refractivity contribution is 0.145. The first-order chi connectivity index (χ1) is 8.83. The van der Waals surface area contributed by atoms with E-state index in [4.69, 9.17) is 17.0 Å². The van der Waals surface area contributed by atoms with Gasteiger partial charge in [-0.3, -0.25) is 0 Å². The Labute approximate surface area is 117 Å². The number of hydrogen-bond donors (Lipinski definition) is 2. The van der Waals surface area contributed by atoms with E-state index < -0.39 is 0 Å². The Bertz CT molecular complexity index is 218. The van der Waals surface area contributed by atoms with Crippen LogP contribution in [0.5, 0.6) is 0 Å². The van der Waals surface area contributed by atoms with Crippen LogP contribution in [0.15, 0.2) is 0 Å². The summed E-state index contributed by atoms with van der Waals surface area (Å²) in [4.78, 5) is 0. The fourth-order valence-electron chi connectivity index (χ4n) is 2.45. The fourth-order valence-corrected chi connectivity index (χ4v) is 2.65. The normalized spacial score (nSPS) is 16.5. The Morgan fingerprint density at radius 1 is 1.17 bits per heavy atom. The average molecular weight is 272 g/mol. The molecule has 1 rings (SSSR count). The highest BCUT2D eigenvalue weighted by Crippen LogP contribution is 2.25. The molecule has 106 valence electrons. The van der Waals surface area contributed by atoms with E-state index in [0.717, 1.165) is 43.8 Å². The molecule has 0 atom stereocenters. The van der Waals surface area contributed by atoms with Crippen molar-refractivity contribution in [2.24, 2.45) is 5.92 Å². The van der Waals surface area contributed by atoms with Gasteiger partial charge >= 0.3 is 0 Å². The van der Waals surface area contributed by atoms with Crippen LogP contribution in [-0.2, 0) is 4.74 Å². The van der Waals surface area contributed by atoms with Gasteiger partial charge in [-0.15, -0.1) is 0 Å². The summed E-state index contributed by atoms with van der Waals surface area (Å²) in [6.45, 7) is 5.54. The molecule has 1 aliphatic rings. The van der Waals surface area contributed by atoms with Crippen molar-refractivity contribution in [3.8, 4) is 0 Å². The van der Waals surface area contributed by atoms with Crippen LogP contribution in [0.1, 0.15) is 51.9 Å². The Hall–Kier alpha value is -0.350. The second-order valence-corrected chi connectivity index (χ2v) is 5.43. The van der Waals surface area contributed by atoms with Gasteiger partial charge in [0.25, 0.3) is 0 Å². The minimum atomic E-state index is 0.794. The topological polar surface area (TPSA) is 33.3 Å². The van der Waals surface area contributed by atoms with Crippen LogP contribution < -0.4 is 10.6 Å². The first-order valence-electron chi connectivity index (χ1n) is 7.42. The summed E-state index contributed by atoms with van der Waals surface area (Å²) in [5, 5.41) is 7.31. The van der Waals surface area contributed by atoms with E-state index in [1.54, 1.807) is 0 Å². The maximum absolute atomic E-state index is 5.27. The average Bonchev–Trinajstić information content (AvgIpc) is 2.40. The zero-order valence-electron chi connectivity index (χ0n) is 11.7. The first-order valence-corrected chi connectivity index (χ1v) is 7.83. The Morgan fingerprint density at radius 2 is 1.89 bits per heavy atom. The molecule has 0 aromatic rings. The summed E-state index contributed by atoms with van der Waals surface area (Å²) in [6.07, 6.45) is 9.38. The van der Waals surface area contributed by atoms with E-state index in [2.05, 4.69) is 10.6 Å². The van der Waals surface area contributed by atoms with Crippen LogP contribution in [0.25, 0.3) is 0 Å². The third-order valence-electron chi connectivity index (χ3n) is 3.52. The van der Waals surface area contributed by atoms with E-state index in [9.17, 15) is 0 Å². The number of nitrogens with one attached hydrogen (secondary N) is 2. The van der Waals surface area contributed by atoms with Gasteiger partial charge in [0.05, 0.1) is 0 Å². The smallest absolute Gasteiger partial charge is 0.166 e. The zero-order chi connectivity index (χ0) is 13.1. The summed E-state index contributed by atoms with van der Waals surface area (Å²) in [6, 6.07) is 0. The molecule has 0 bridgehead atoms. The highest BCUT2D eigenvalue weighted by atomic mass is 32.1. The van der Waals surface area contributed by atoms with Crippen LogP contribution >= 0.6 is 12.2 Å². The maximum atomic E-state index is 5.27. The monoisotopic (exact) mass is 272 g/mol. The summed E-state index contributed by atoms with van der Waals surface area (Å²) in [5.41, 5.74) is 0. The second kappa shape index (κ2) is 10.6. The van der Waals surface area contributed by atoms with E-state index in [0.29, 0.717) is 0 Å². The van der Waals surface area contributed by atoms with Gasteiger partial charge in [-0.2, -0.15) is 0 Å². The molecule has 0 aliphatic heterocycles. The number of thiocarbonyl (C=S) groups is 1. The molecule has 3 nitrogen and oxygen atoms in total. The molecular weight excluding hydrogens is 244 g/mol. The van der Waals surface area contributed by atoms with Crippen molar-refractivity contribution in [1.82, 2.24) is 10.6 Å². The molecule has 0 saturated heterocycles. The molecule has 2 N–H and O–H groups in total. The molecule has 1 fully saturated rings. The molecule has 0 unspecified atom stereocenters. The lowest BCUT2D eigenvalue weighted by Gasteiger charge is -2.21. The lowest BCUT2D eigenvalue weighted by atomic mass is 9.87. The quantitative estimate of drug-likeness (QED) is 0.526. The SMILES string of the molecule is CCOCCCNC(=S)NCCC1CCCCC1. The summed E-state index contributed by atoms with van der Waals surface area (Å²) < 4.78 is 5.27. The molecule has 0 aromatic heterocycles. The third kappa shape index (κ3) is 7.88. The Kier molecular flexibility index (Phi) is 9.22. The molecule has 4 heteroatoms. The van der Waals surface area contributed by atoms with Crippen molar-refractivity contribution in [3.63, 3.8) is 0 Å². The molecule has 0 amide bonds. The minimum absolute atomic E-state index is 0.794. The molecule has 0 spiro atoms. The zero-order valence-corrected chi connectivity index (χ0v) is 12.5. The highest BCUT2D eigenvalue weighted by molar-refractivity contribution is 7.80. The molecule has 1 saturated carbocycles. The Balaban J connectivity index is 1.89. The molecule has 0 radical (unpaired) electrons. The van der Waals surface area contributed by atoms with Gasteiger partial charge in [-0.05, 0) is 37.9 Å². The van der Waals surface area contributed by atoms with Crippen LogP contribution in [0, 0.1) is 5.92 Å². The standard InChI is InChI=1S/C14H28N2OS/c1-2-17-12-6-10-15-14(18)16-11-9-13-7-4-3-5-8-13/h13H,2-12H2,1H3,(H2,15,16,18). The van der Waals surface area contributed by atoms with Gasteiger partial charge < -0.3 is 15.4 Å². The van der Waals surface area contributed by atoms with Crippen molar-refractivity contribution in [2.75, 3.05) is 26.3 Å². The van der Waals surface area contributed by atoms with Crippen molar-refractivity contribution in [3.05, 3.63) is 0 Å². The van der Waals surface area contributed by atoms with Gasteiger partial charge in [-0.25, -0.2) is 0 Å². The Morgan fingerprint density at radius 3 is 2.61 bits per heavy atom. The summed E-state index contributed by atoms with van der Waals surface area (Å²) in [5.74, 6) is 0.923. The van der Waals surface area contributed by atoms with E-state index in [-0.39, 0.29) is 0 Å². The van der Waals surface area contributed by atoms with Gasteiger partial charge in [0.1, 0.15) is 0 Å². The van der Waals surface area contributed by atoms with Gasteiger partial charge in [0, 0.05) is 26.3 Å². The van der Waals surface area contributed by atoms with E-state index in [1.165, 1.54) is 38.5 Å². The fraction of sp³-hybridized carbons (Fsp3) is 0.929. The van der Waals surface area contributed by atoms with Gasteiger partial charge in [0.15, 0.2) is 5.11 Å². The molecule has 0 aromatic carbocycles. The van der Waals surface area contributed by atoms with Crippen LogP contribution in [-0.4, -0.2) is 31.4 Å². The number of ether oxygens (including phenoxy) is 1. The third-order valence-corrected chi connectivity index (χ3v) is 3.81. The summed E-state index contributed by atoms with van der Waals surface area (Å²) >= 11 is 5.24.